The van der Waals surface area contributed by atoms with E-state index < -0.39 is 0 Å². The van der Waals surface area contributed by atoms with Gasteiger partial charge < -0.3 is 10.6 Å². The third kappa shape index (κ3) is 3.82. The van der Waals surface area contributed by atoms with Gasteiger partial charge in [0.2, 0.25) is 0 Å². The molecule has 2 N–H and O–H groups in total. The fraction of sp³-hybridized carbons (Fsp3) is 0.174. The smallest absolute Gasteiger partial charge is 0.255 e. The molecule has 0 spiro atoms. The van der Waals surface area contributed by atoms with Crippen molar-refractivity contribution in [3.8, 4) is 0 Å². The summed E-state index contributed by atoms with van der Waals surface area (Å²) in [5.74, 6) is 0.350. The van der Waals surface area contributed by atoms with Crippen LogP contribution in [0.5, 0.6) is 0 Å². The number of benzene rings is 2. The third-order valence-corrected chi connectivity index (χ3v) is 4.76. The van der Waals surface area contributed by atoms with Gasteiger partial charge in [0.15, 0.2) is 11.5 Å². The second kappa shape index (κ2) is 7.39. The number of nitrogens with one attached hydrogen (secondary N) is 2. The van der Waals surface area contributed by atoms with Crippen molar-refractivity contribution in [3.05, 3.63) is 82.7 Å². The van der Waals surface area contributed by atoms with Crippen LogP contribution in [-0.4, -0.2) is 20.5 Å². The van der Waals surface area contributed by atoms with Crippen molar-refractivity contribution in [2.75, 3.05) is 10.6 Å². The summed E-state index contributed by atoms with van der Waals surface area (Å²) in [5, 5.41) is 11.0. The lowest BCUT2D eigenvalue weighted by Gasteiger charge is -2.09. The summed E-state index contributed by atoms with van der Waals surface area (Å²) in [7, 11) is 0. The lowest BCUT2D eigenvalue weighted by atomic mass is 10.1. The van der Waals surface area contributed by atoms with Gasteiger partial charge in [-0.25, -0.2) is 9.50 Å². The van der Waals surface area contributed by atoms with Crippen LogP contribution >= 0.6 is 0 Å². The first-order valence-electron chi connectivity index (χ1n) is 9.49. The molecule has 0 unspecified atom stereocenters. The molecule has 0 atom stereocenters. The monoisotopic (exact) mass is 385 g/mol. The van der Waals surface area contributed by atoms with Crippen molar-refractivity contribution in [1.82, 2.24) is 14.6 Å². The van der Waals surface area contributed by atoms with Gasteiger partial charge in [0, 0.05) is 22.6 Å². The van der Waals surface area contributed by atoms with E-state index in [4.69, 9.17) is 0 Å². The average Bonchev–Trinajstić information content (AvgIpc) is 3.02. The molecule has 2 aromatic carbocycles. The van der Waals surface area contributed by atoms with Gasteiger partial charge in [-0.2, -0.15) is 0 Å². The van der Waals surface area contributed by atoms with E-state index in [1.807, 2.05) is 82.3 Å². The molecule has 0 radical (unpaired) electrons. The lowest BCUT2D eigenvalue weighted by molar-refractivity contribution is 0.102. The molecule has 146 valence electrons. The van der Waals surface area contributed by atoms with Gasteiger partial charge in [-0.3, -0.25) is 4.79 Å². The molecule has 0 saturated carbocycles. The van der Waals surface area contributed by atoms with Crippen molar-refractivity contribution >= 4 is 28.7 Å². The number of aryl methyl sites for hydroxylation is 4. The Morgan fingerprint density at radius 1 is 0.897 bits per heavy atom. The standard InChI is InChI=1S/C23H23N5O/c1-14-5-9-18(10-6-14)23(29)26-20-21(25-19-11-7-15(2)8-12-19)27-28-17(4)13-16(3)24-22(20)28/h5-13H,1-4H3,(H,25,27)(H,26,29). The van der Waals surface area contributed by atoms with E-state index in [0.717, 1.165) is 22.6 Å². The van der Waals surface area contributed by atoms with Crippen LogP contribution < -0.4 is 10.6 Å². The summed E-state index contributed by atoms with van der Waals surface area (Å²) in [6.07, 6.45) is 0. The average molecular weight is 385 g/mol. The maximum atomic E-state index is 12.9. The molecule has 0 fully saturated rings. The molecule has 0 aliphatic rings. The molecule has 0 saturated heterocycles. The zero-order valence-electron chi connectivity index (χ0n) is 16.9. The van der Waals surface area contributed by atoms with Crippen molar-refractivity contribution in [2.45, 2.75) is 27.7 Å². The third-order valence-electron chi connectivity index (χ3n) is 4.76. The summed E-state index contributed by atoms with van der Waals surface area (Å²) >= 11 is 0. The first-order chi connectivity index (χ1) is 13.9. The van der Waals surface area contributed by atoms with E-state index >= 15 is 0 Å². The number of anilines is 3. The number of rotatable bonds is 4. The van der Waals surface area contributed by atoms with Crippen LogP contribution in [0.15, 0.2) is 54.6 Å². The van der Waals surface area contributed by atoms with Gasteiger partial charge in [0.05, 0.1) is 0 Å². The zero-order chi connectivity index (χ0) is 20.5. The predicted molar refractivity (Wildman–Crippen MR) is 116 cm³/mol. The molecule has 2 heterocycles. The van der Waals surface area contributed by atoms with Crippen molar-refractivity contribution < 1.29 is 4.79 Å². The van der Waals surface area contributed by atoms with Crippen LogP contribution in [0.25, 0.3) is 5.65 Å². The van der Waals surface area contributed by atoms with Crippen LogP contribution in [0.2, 0.25) is 0 Å². The largest absolute Gasteiger partial charge is 0.337 e. The van der Waals surface area contributed by atoms with Gasteiger partial charge in [0.1, 0.15) is 5.69 Å². The highest BCUT2D eigenvalue weighted by atomic mass is 16.1. The summed E-state index contributed by atoms with van der Waals surface area (Å²) in [6.45, 7) is 7.93. The van der Waals surface area contributed by atoms with E-state index in [2.05, 4.69) is 20.7 Å². The highest BCUT2D eigenvalue weighted by molar-refractivity contribution is 6.08. The highest BCUT2D eigenvalue weighted by Crippen LogP contribution is 2.30. The van der Waals surface area contributed by atoms with Gasteiger partial charge in [0.25, 0.3) is 5.91 Å². The fourth-order valence-electron chi connectivity index (χ4n) is 3.19. The van der Waals surface area contributed by atoms with Crippen LogP contribution in [0, 0.1) is 27.7 Å². The Morgan fingerprint density at radius 3 is 2.17 bits per heavy atom. The number of carbonyl (C=O) groups excluding carboxylic acids is 1. The van der Waals surface area contributed by atoms with E-state index in [1.165, 1.54) is 5.56 Å². The number of amides is 1. The molecule has 0 bridgehead atoms. The molecule has 0 aliphatic heterocycles. The quantitative estimate of drug-likeness (QED) is 0.521. The van der Waals surface area contributed by atoms with E-state index in [-0.39, 0.29) is 5.91 Å². The number of carbonyl (C=O) groups is 1. The van der Waals surface area contributed by atoms with Gasteiger partial charge >= 0.3 is 0 Å². The summed E-state index contributed by atoms with van der Waals surface area (Å²) in [5.41, 5.74) is 6.72. The Bertz CT molecular complexity index is 1190. The Balaban J connectivity index is 1.77. The first-order valence-corrected chi connectivity index (χ1v) is 9.49. The van der Waals surface area contributed by atoms with Crippen molar-refractivity contribution in [1.29, 1.82) is 0 Å². The van der Waals surface area contributed by atoms with Crippen LogP contribution in [0.3, 0.4) is 0 Å². The molecule has 1 amide bonds. The van der Waals surface area contributed by atoms with E-state index in [0.29, 0.717) is 22.7 Å². The van der Waals surface area contributed by atoms with Crippen molar-refractivity contribution in [2.24, 2.45) is 0 Å². The molecular weight excluding hydrogens is 362 g/mol. The maximum absolute atomic E-state index is 12.9. The highest BCUT2D eigenvalue weighted by Gasteiger charge is 2.19. The maximum Gasteiger partial charge on any atom is 0.255 e. The minimum Gasteiger partial charge on any atom is -0.337 e. The summed E-state index contributed by atoms with van der Waals surface area (Å²) < 4.78 is 1.74. The van der Waals surface area contributed by atoms with Crippen LogP contribution in [0.1, 0.15) is 32.9 Å². The second-order valence-electron chi connectivity index (χ2n) is 7.31. The second-order valence-corrected chi connectivity index (χ2v) is 7.31. The first kappa shape index (κ1) is 18.7. The molecule has 4 rings (SSSR count). The lowest BCUT2D eigenvalue weighted by Crippen LogP contribution is -2.13. The fourth-order valence-corrected chi connectivity index (χ4v) is 3.19. The van der Waals surface area contributed by atoms with E-state index in [1.54, 1.807) is 4.52 Å². The number of nitrogens with zero attached hydrogens (tertiary/aromatic N) is 3. The Labute approximate surface area is 169 Å². The Kier molecular flexibility index (Phi) is 4.76. The van der Waals surface area contributed by atoms with Crippen LogP contribution in [0.4, 0.5) is 17.2 Å². The molecule has 0 aliphatic carbocycles. The molecule has 2 aromatic heterocycles. The number of fused-ring (bicyclic) bond motifs is 1. The molecule has 29 heavy (non-hydrogen) atoms. The molecule has 6 nitrogen and oxygen atoms in total. The number of aromatic nitrogens is 3. The molecular formula is C23H23N5O. The SMILES string of the molecule is Cc1ccc(Nc2nn3c(C)cc(C)nc3c2NC(=O)c2ccc(C)cc2)cc1. The van der Waals surface area contributed by atoms with Gasteiger partial charge in [-0.15, -0.1) is 5.10 Å². The van der Waals surface area contributed by atoms with Gasteiger partial charge in [-0.1, -0.05) is 35.4 Å². The Hall–Kier alpha value is -3.67. The minimum atomic E-state index is -0.201. The normalized spacial score (nSPS) is 10.9. The predicted octanol–water partition coefficient (Wildman–Crippen LogP) is 4.96. The Morgan fingerprint density at radius 2 is 1.52 bits per heavy atom. The number of hydrogen-bond acceptors (Lipinski definition) is 4. The molecule has 4 aromatic rings. The van der Waals surface area contributed by atoms with Crippen molar-refractivity contribution in [3.63, 3.8) is 0 Å². The van der Waals surface area contributed by atoms with Gasteiger partial charge in [-0.05, 0) is 58.0 Å². The zero-order valence-corrected chi connectivity index (χ0v) is 16.9. The molecule has 6 heteroatoms. The summed E-state index contributed by atoms with van der Waals surface area (Å²) in [6, 6.07) is 17.4. The topological polar surface area (TPSA) is 71.3 Å². The van der Waals surface area contributed by atoms with Crippen LogP contribution in [-0.2, 0) is 0 Å². The summed E-state index contributed by atoms with van der Waals surface area (Å²) in [4.78, 5) is 17.5. The van der Waals surface area contributed by atoms with E-state index in [9.17, 15) is 4.79 Å². The number of hydrogen-bond donors (Lipinski definition) is 2. The minimum absolute atomic E-state index is 0.201.